The van der Waals surface area contributed by atoms with Gasteiger partial charge in [0.1, 0.15) is 12.4 Å². The Morgan fingerprint density at radius 3 is 2.55 bits per heavy atom. The highest BCUT2D eigenvalue weighted by Gasteiger charge is 2.09. The Morgan fingerprint density at radius 1 is 1.00 bits per heavy atom. The number of methoxy groups -OCH3 is 1. The molecule has 0 aliphatic heterocycles. The van der Waals surface area contributed by atoms with Crippen molar-refractivity contribution in [3.05, 3.63) is 39.5 Å². The van der Waals surface area contributed by atoms with Gasteiger partial charge in [-0.15, -0.1) is 11.3 Å². The van der Waals surface area contributed by atoms with Gasteiger partial charge in [-0.3, -0.25) is 0 Å². The lowest BCUT2D eigenvalue weighted by molar-refractivity contribution is 0.0545. The van der Waals surface area contributed by atoms with E-state index in [1.165, 1.54) is 0 Å². The summed E-state index contributed by atoms with van der Waals surface area (Å²) >= 11 is 5.24. The molecule has 0 atom stereocenters. The molecular weight excluding hydrogens is 340 g/mol. The average Bonchev–Trinajstić information content (AvgIpc) is 2.89. The highest BCUT2D eigenvalue weighted by atomic mass is 79.9. The van der Waals surface area contributed by atoms with Gasteiger partial charge in [-0.05, 0) is 33.4 Å². The SMILES string of the molecule is COCCOCCOc1ccccc1-c1ccsc1Br. The first-order chi connectivity index (χ1) is 9.83. The summed E-state index contributed by atoms with van der Waals surface area (Å²) in [6.07, 6.45) is 0. The Bertz CT molecular complexity index is 527. The molecule has 2 aromatic rings. The van der Waals surface area contributed by atoms with E-state index < -0.39 is 0 Å². The number of benzene rings is 1. The van der Waals surface area contributed by atoms with Gasteiger partial charge >= 0.3 is 0 Å². The van der Waals surface area contributed by atoms with E-state index in [1.807, 2.05) is 18.2 Å². The molecule has 0 radical (unpaired) electrons. The third-order valence-corrected chi connectivity index (χ3v) is 4.40. The maximum Gasteiger partial charge on any atom is 0.127 e. The van der Waals surface area contributed by atoms with Gasteiger partial charge in [0.15, 0.2) is 0 Å². The number of rotatable bonds is 8. The molecule has 1 aromatic heterocycles. The van der Waals surface area contributed by atoms with Gasteiger partial charge in [-0.1, -0.05) is 18.2 Å². The van der Waals surface area contributed by atoms with Crippen LogP contribution in [0.5, 0.6) is 5.75 Å². The summed E-state index contributed by atoms with van der Waals surface area (Å²) in [5.41, 5.74) is 2.25. The molecule has 0 unspecified atom stereocenters. The summed E-state index contributed by atoms with van der Waals surface area (Å²) in [6.45, 7) is 2.29. The van der Waals surface area contributed by atoms with Crippen LogP contribution < -0.4 is 4.74 Å². The van der Waals surface area contributed by atoms with Crippen LogP contribution in [0.25, 0.3) is 11.1 Å². The average molecular weight is 357 g/mol. The first kappa shape index (κ1) is 15.5. The molecule has 0 saturated heterocycles. The summed E-state index contributed by atoms with van der Waals surface area (Å²) in [5.74, 6) is 0.877. The molecule has 108 valence electrons. The maximum atomic E-state index is 5.81. The predicted molar refractivity (Wildman–Crippen MR) is 85.6 cm³/mol. The summed E-state index contributed by atoms with van der Waals surface area (Å²) < 4.78 is 17.2. The molecule has 20 heavy (non-hydrogen) atoms. The maximum absolute atomic E-state index is 5.81. The lowest BCUT2D eigenvalue weighted by atomic mass is 10.1. The number of ether oxygens (including phenoxy) is 3. The fourth-order valence-electron chi connectivity index (χ4n) is 1.76. The largest absolute Gasteiger partial charge is 0.491 e. The van der Waals surface area contributed by atoms with E-state index in [4.69, 9.17) is 14.2 Å². The van der Waals surface area contributed by atoms with E-state index >= 15 is 0 Å². The van der Waals surface area contributed by atoms with Crippen molar-refractivity contribution < 1.29 is 14.2 Å². The smallest absolute Gasteiger partial charge is 0.127 e. The van der Waals surface area contributed by atoms with Gasteiger partial charge in [0.25, 0.3) is 0 Å². The zero-order valence-electron chi connectivity index (χ0n) is 11.3. The zero-order chi connectivity index (χ0) is 14.2. The Morgan fingerprint density at radius 2 is 1.80 bits per heavy atom. The molecule has 0 N–H and O–H groups in total. The van der Waals surface area contributed by atoms with Crippen LogP contribution in [-0.2, 0) is 9.47 Å². The quantitative estimate of drug-likeness (QED) is 0.662. The molecule has 0 amide bonds. The third kappa shape index (κ3) is 4.31. The number of halogens is 1. The van der Waals surface area contributed by atoms with E-state index in [0.717, 1.165) is 20.7 Å². The van der Waals surface area contributed by atoms with Crippen molar-refractivity contribution in [3.8, 4) is 16.9 Å². The minimum Gasteiger partial charge on any atom is -0.491 e. The number of hydrogen-bond acceptors (Lipinski definition) is 4. The molecule has 0 spiro atoms. The van der Waals surface area contributed by atoms with Crippen LogP contribution in [-0.4, -0.2) is 33.5 Å². The van der Waals surface area contributed by atoms with E-state index in [2.05, 4.69) is 33.4 Å². The van der Waals surface area contributed by atoms with Gasteiger partial charge in [-0.25, -0.2) is 0 Å². The van der Waals surface area contributed by atoms with Crippen LogP contribution in [0.4, 0.5) is 0 Å². The van der Waals surface area contributed by atoms with Crippen molar-refractivity contribution in [1.29, 1.82) is 0 Å². The molecule has 0 aliphatic rings. The van der Waals surface area contributed by atoms with Gasteiger partial charge in [0.2, 0.25) is 0 Å². The van der Waals surface area contributed by atoms with E-state index in [9.17, 15) is 0 Å². The number of thiophene rings is 1. The number of hydrogen-bond donors (Lipinski definition) is 0. The molecule has 2 rings (SSSR count). The molecule has 1 heterocycles. The van der Waals surface area contributed by atoms with Crippen LogP contribution in [0, 0.1) is 0 Å². The second kappa shape index (κ2) is 8.42. The lowest BCUT2D eigenvalue weighted by Gasteiger charge is -2.11. The standard InChI is InChI=1S/C15H17BrO3S/c1-17-7-8-18-9-10-19-14-5-3-2-4-12(14)13-6-11-20-15(13)16/h2-6,11H,7-10H2,1H3. The molecule has 0 aliphatic carbocycles. The van der Waals surface area contributed by atoms with Crippen molar-refractivity contribution >= 4 is 27.3 Å². The lowest BCUT2D eigenvalue weighted by Crippen LogP contribution is -2.10. The fraction of sp³-hybridized carbons (Fsp3) is 0.333. The van der Waals surface area contributed by atoms with Gasteiger partial charge in [0.05, 0.1) is 23.6 Å². The van der Waals surface area contributed by atoms with Crippen molar-refractivity contribution in [2.45, 2.75) is 0 Å². The Kier molecular flexibility index (Phi) is 6.53. The molecular formula is C15H17BrO3S. The molecule has 0 saturated carbocycles. The van der Waals surface area contributed by atoms with Gasteiger partial charge < -0.3 is 14.2 Å². The molecule has 3 nitrogen and oxygen atoms in total. The van der Waals surface area contributed by atoms with E-state index in [1.54, 1.807) is 18.4 Å². The minimum atomic E-state index is 0.530. The van der Waals surface area contributed by atoms with Crippen LogP contribution in [0.1, 0.15) is 0 Å². The summed E-state index contributed by atoms with van der Waals surface area (Å²) in [4.78, 5) is 0. The van der Waals surface area contributed by atoms with Crippen LogP contribution in [0.3, 0.4) is 0 Å². The first-order valence-electron chi connectivity index (χ1n) is 6.35. The van der Waals surface area contributed by atoms with E-state index in [0.29, 0.717) is 26.4 Å². The number of para-hydroxylation sites is 1. The van der Waals surface area contributed by atoms with E-state index in [-0.39, 0.29) is 0 Å². The Labute approximate surface area is 131 Å². The molecule has 1 aromatic carbocycles. The Balaban J connectivity index is 1.94. The summed E-state index contributed by atoms with van der Waals surface area (Å²) in [7, 11) is 1.66. The minimum absolute atomic E-state index is 0.530. The molecule has 0 bridgehead atoms. The normalized spacial score (nSPS) is 10.7. The van der Waals surface area contributed by atoms with Crippen molar-refractivity contribution in [1.82, 2.24) is 0 Å². The highest BCUT2D eigenvalue weighted by Crippen LogP contribution is 2.37. The molecule has 0 fully saturated rings. The van der Waals surface area contributed by atoms with Crippen LogP contribution >= 0.6 is 27.3 Å². The second-order valence-electron chi connectivity index (χ2n) is 4.06. The summed E-state index contributed by atoms with van der Waals surface area (Å²) in [5, 5.41) is 2.06. The second-order valence-corrected chi connectivity index (χ2v) is 6.29. The zero-order valence-corrected chi connectivity index (χ0v) is 13.7. The Hall–Kier alpha value is -0.880. The van der Waals surface area contributed by atoms with Crippen molar-refractivity contribution in [3.63, 3.8) is 0 Å². The fourth-order valence-corrected chi connectivity index (χ4v) is 3.05. The van der Waals surface area contributed by atoms with Crippen molar-refractivity contribution in [2.75, 3.05) is 33.5 Å². The van der Waals surface area contributed by atoms with Crippen LogP contribution in [0.2, 0.25) is 0 Å². The van der Waals surface area contributed by atoms with Crippen LogP contribution in [0.15, 0.2) is 39.5 Å². The summed E-state index contributed by atoms with van der Waals surface area (Å²) in [6, 6.07) is 10.1. The monoisotopic (exact) mass is 356 g/mol. The predicted octanol–water partition coefficient (Wildman–Crippen LogP) is 4.22. The van der Waals surface area contributed by atoms with Crippen molar-refractivity contribution in [2.24, 2.45) is 0 Å². The topological polar surface area (TPSA) is 27.7 Å². The first-order valence-corrected chi connectivity index (χ1v) is 8.02. The molecule has 5 heteroatoms. The third-order valence-electron chi connectivity index (χ3n) is 2.71. The van der Waals surface area contributed by atoms with Gasteiger partial charge in [0, 0.05) is 18.2 Å². The highest BCUT2D eigenvalue weighted by molar-refractivity contribution is 9.11. The van der Waals surface area contributed by atoms with Gasteiger partial charge in [-0.2, -0.15) is 0 Å².